The van der Waals surface area contributed by atoms with E-state index in [9.17, 15) is 14.4 Å². The normalized spacial score (nSPS) is 31.4. The fourth-order valence-corrected chi connectivity index (χ4v) is 7.51. The lowest BCUT2D eigenvalue weighted by Crippen LogP contribution is -2.47. The van der Waals surface area contributed by atoms with Crippen LogP contribution in [0, 0.1) is 23.7 Å². The first-order chi connectivity index (χ1) is 18.0. The number of nitrogens with one attached hydrogen (secondary N) is 3. The van der Waals surface area contributed by atoms with Crippen LogP contribution in [0.1, 0.15) is 102 Å². The quantitative estimate of drug-likeness (QED) is 0.284. The molecule has 0 saturated carbocycles. The number of rotatable bonds is 9. The van der Waals surface area contributed by atoms with Crippen molar-refractivity contribution in [2.24, 2.45) is 23.7 Å². The molecule has 0 bridgehead atoms. The van der Waals surface area contributed by atoms with Crippen LogP contribution >= 0.6 is 0 Å². The van der Waals surface area contributed by atoms with Crippen molar-refractivity contribution in [3.05, 3.63) is 0 Å². The summed E-state index contributed by atoms with van der Waals surface area (Å²) in [6.07, 6.45) is 1.98. The van der Waals surface area contributed by atoms with Gasteiger partial charge in [0.15, 0.2) is 0 Å². The van der Waals surface area contributed by atoms with E-state index in [1.165, 1.54) is 0 Å². The third-order valence-electron chi connectivity index (χ3n) is 8.98. The van der Waals surface area contributed by atoms with Crippen LogP contribution in [0.2, 0.25) is 0 Å². The summed E-state index contributed by atoms with van der Waals surface area (Å²) in [5, 5.41) is 10.5. The minimum Gasteiger partial charge on any atom is -0.465 e. The van der Waals surface area contributed by atoms with Crippen LogP contribution in [0.4, 0.5) is 0 Å². The molecule has 0 aromatic carbocycles. The Morgan fingerprint density at radius 1 is 0.525 bits per heavy atom. The smallest absolute Gasteiger partial charge is 0.310 e. The molecular formula is C31H55N3O6. The SMILES string of the molecule is CC1(C)CC(C(=O)OCC(COC(=O)C2CC(C)(C)NC2(C)C)COC(=O)C2CC(C)(C)NC2(C)C)C(C)(C)N1. The van der Waals surface area contributed by atoms with Gasteiger partial charge in [-0.15, -0.1) is 0 Å². The topological polar surface area (TPSA) is 115 Å². The molecule has 3 heterocycles. The molecule has 0 amide bonds. The van der Waals surface area contributed by atoms with Crippen molar-refractivity contribution in [2.45, 2.75) is 136 Å². The average molecular weight is 566 g/mol. The second-order valence-corrected chi connectivity index (χ2v) is 16.2. The van der Waals surface area contributed by atoms with Gasteiger partial charge >= 0.3 is 17.9 Å². The highest BCUT2D eigenvalue weighted by Gasteiger charge is 2.51. The van der Waals surface area contributed by atoms with Gasteiger partial charge in [-0.3, -0.25) is 14.4 Å². The van der Waals surface area contributed by atoms with Crippen LogP contribution in [0.5, 0.6) is 0 Å². The van der Waals surface area contributed by atoms with E-state index in [0.29, 0.717) is 19.3 Å². The summed E-state index contributed by atoms with van der Waals surface area (Å²) in [6.45, 7) is 24.5. The molecule has 0 spiro atoms. The number of hydrogen-bond acceptors (Lipinski definition) is 9. The number of carbonyl (C=O) groups is 3. The van der Waals surface area contributed by atoms with E-state index in [4.69, 9.17) is 14.2 Å². The molecule has 3 fully saturated rings. The lowest BCUT2D eigenvalue weighted by molar-refractivity contribution is -0.160. The molecule has 3 unspecified atom stereocenters. The van der Waals surface area contributed by atoms with Gasteiger partial charge in [0.1, 0.15) is 19.8 Å². The molecule has 0 aromatic rings. The van der Waals surface area contributed by atoms with Crippen molar-refractivity contribution in [3.8, 4) is 0 Å². The summed E-state index contributed by atoms with van der Waals surface area (Å²) in [7, 11) is 0. The van der Waals surface area contributed by atoms with Crippen LogP contribution in [-0.4, -0.2) is 71.0 Å². The maximum absolute atomic E-state index is 13.2. The van der Waals surface area contributed by atoms with Gasteiger partial charge in [0.05, 0.1) is 23.7 Å². The van der Waals surface area contributed by atoms with Crippen LogP contribution in [0.15, 0.2) is 0 Å². The zero-order chi connectivity index (χ0) is 30.5. The number of esters is 3. The third-order valence-corrected chi connectivity index (χ3v) is 8.98. The van der Waals surface area contributed by atoms with E-state index in [-0.39, 0.29) is 72.1 Å². The third kappa shape index (κ3) is 7.77. The first kappa shape index (κ1) is 32.8. The predicted octanol–water partition coefficient (Wildman–Crippen LogP) is 3.73. The molecule has 3 N–H and O–H groups in total. The summed E-state index contributed by atoms with van der Waals surface area (Å²) in [5.74, 6) is -2.29. The molecule has 3 rings (SSSR count). The molecule has 3 saturated heterocycles. The van der Waals surface area contributed by atoms with Crippen molar-refractivity contribution >= 4 is 17.9 Å². The molecule has 40 heavy (non-hydrogen) atoms. The zero-order valence-corrected chi connectivity index (χ0v) is 27.0. The highest BCUT2D eigenvalue weighted by molar-refractivity contribution is 5.76. The minimum atomic E-state index is -0.474. The molecule has 0 aromatic heterocycles. The molecule has 9 heteroatoms. The Morgan fingerprint density at radius 3 is 0.925 bits per heavy atom. The summed E-state index contributed by atoms with van der Waals surface area (Å²) < 4.78 is 17.4. The van der Waals surface area contributed by atoms with E-state index in [1.807, 2.05) is 41.5 Å². The molecule has 3 aliphatic heterocycles. The Morgan fingerprint density at radius 2 is 0.750 bits per heavy atom. The molecule has 9 nitrogen and oxygen atoms in total. The van der Waals surface area contributed by atoms with E-state index in [2.05, 4.69) is 57.5 Å². The number of ether oxygens (including phenoxy) is 3. The first-order valence-corrected chi connectivity index (χ1v) is 14.8. The van der Waals surface area contributed by atoms with Gasteiger partial charge in [0.25, 0.3) is 0 Å². The van der Waals surface area contributed by atoms with E-state index in [0.717, 1.165) is 0 Å². The minimum absolute atomic E-state index is 0.00199. The van der Waals surface area contributed by atoms with Gasteiger partial charge in [-0.25, -0.2) is 0 Å². The summed E-state index contributed by atoms with van der Waals surface area (Å²) in [4.78, 5) is 39.5. The maximum Gasteiger partial charge on any atom is 0.310 e. The Balaban J connectivity index is 1.66. The van der Waals surface area contributed by atoms with Crippen LogP contribution in [-0.2, 0) is 28.6 Å². The van der Waals surface area contributed by atoms with Crippen LogP contribution in [0.25, 0.3) is 0 Å². The predicted molar refractivity (Wildman–Crippen MR) is 155 cm³/mol. The largest absolute Gasteiger partial charge is 0.465 e. The lowest BCUT2D eigenvalue weighted by atomic mass is 9.87. The second-order valence-electron chi connectivity index (χ2n) is 16.2. The summed E-state index contributed by atoms with van der Waals surface area (Å²) >= 11 is 0. The summed E-state index contributed by atoms with van der Waals surface area (Å²) in [6, 6.07) is 0. The summed E-state index contributed by atoms with van der Waals surface area (Å²) in [5.41, 5.74) is -1.75. The average Bonchev–Trinajstić information content (AvgIpc) is 3.24. The molecule has 230 valence electrons. The maximum atomic E-state index is 13.2. The Labute approximate surface area is 241 Å². The highest BCUT2D eigenvalue weighted by atomic mass is 16.6. The first-order valence-electron chi connectivity index (χ1n) is 14.8. The fourth-order valence-electron chi connectivity index (χ4n) is 7.51. The van der Waals surface area contributed by atoms with Crippen molar-refractivity contribution in [3.63, 3.8) is 0 Å². The Hall–Kier alpha value is -1.71. The van der Waals surface area contributed by atoms with E-state index < -0.39 is 22.5 Å². The Kier molecular flexibility index (Phi) is 8.89. The van der Waals surface area contributed by atoms with Gasteiger partial charge in [-0.1, -0.05) is 0 Å². The molecular weight excluding hydrogens is 510 g/mol. The van der Waals surface area contributed by atoms with Gasteiger partial charge in [0.2, 0.25) is 0 Å². The van der Waals surface area contributed by atoms with Gasteiger partial charge in [-0.05, 0) is 102 Å². The molecule has 3 aliphatic rings. The molecule has 3 atom stereocenters. The lowest BCUT2D eigenvalue weighted by Gasteiger charge is -2.29. The van der Waals surface area contributed by atoms with Crippen molar-refractivity contribution in [2.75, 3.05) is 19.8 Å². The fraction of sp³-hybridized carbons (Fsp3) is 0.903. The standard InChI is InChI=1S/C31H55N3O6/c1-26(2)13-20(29(7,8)32-26)23(35)38-16-19(17-39-24(36)21-14-27(3,4)33-30(21,9)10)18-40-25(37)22-15-28(5,6)34-31(22,11)12/h19-22,32-34H,13-18H2,1-12H3. The second kappa shape index (κ2) is 10.8. The van der Waals surface area contributed by atoms with Gasteiger partial charge < -0.3 is 30.2 Å². The zero-order valence-electron chi connectivity index (χ0n) is 27.0. The Bertz CT molecular complexity index is 860. The van der Waals surface area contributed by atoms with Gasteiger partial charge in [-0.2, -0.15) is 0 Å². The van der Waals surface area contributed by atoms with Crippen molar-refractivity contribution in [1.29, 1.82) is 0 Å². The van der Waals surface area contributed by atoms with E-state index >= 15 is 0 Å². The van der Waals surface area contributed by atoms with Gasteiger partial charge in [0, 0.05) is 33.2 Å². The molecule has 0 radical (unpaired) electrons. The van der Waals surface area contributed by atoms with Crippen molar-refractivity contribution < 1.29 is 28.6 Å². The number of hydrogen-bond donors (Lipinski definition) is 3. The number of carbonyl (C=O) groups excluding carboxylic acids is 3. The van der Waals surface area contributed by atoms with Crippen molar-refractivity contribution in [1.82, 2.24) is 16.0 Å². The van der Waals surface area contributed by atoms with Crippen LogP contribution in [0.3, 0.4) is 0 Å². The van der Waals surface area contributed by atoms with E-state index in [1.54, 1.807) is 0 Å². The monoisotopic (exact) mass is 565 g/mol. The highest BCUT2D eigenvalue weighted by Crippen LogP contribution is 2.39. The van der Waals surface area contributed by atoms with Crippen LogP contribution < -0.4 is 16.0 Å². The molecule has 0 aliphatic carbocycles.